The zero-order chi connectivity index (χ0) is 17.3. The highest BCUT2D eigenvalue weighted by Crippen LogP contribution is 2.45. The number of phenols is 1. The van der Waals surface area contributed by atoms with E-state index in [9.17, 15) is 9.90 Å². The van der Waals surface area contributed by atoms with Gasteiger partial charge in [0.05, 0.1) is 0 Å². The van der Waals surface area contributed by atoms with E-state index >= 15 is 0 Å². The number of carbonyl (C=O) groups excluding carboxylic acids is 1. The van der Waals surface area contributed by atoms with Crippen LogP contribution in [0.5, 0.6) is 5.75 Å². The average Bonchev–Trinajstić information content (AvgIpc) is 2.50. The predicted molar refractivity (Wildman–Crippen MR) is 92.8 cm³/mol. The van der Waals surface area contributed by atoms with Gasteiger partial charge >= 0.3 is 5.97 Å². The van der Waals surface area contributed by atoms with Gasteiger partial charge in [0.1, 0.15) is 11.9 Å². The summed E-state index contributed by atoms with van der Waals surface area (Å²) in [7, 11) is 0. The molecular weight excluding hydrogens is 288 g/mol. The van der Waals surface area contributed by atoms with Crippen LogP contribution in [-0.4, -0.2) is 17.2 Å². The summed E-state index contributed by atoms with van der Waals surface area (Å²) in [5.41, 5.74) is 3.93. The van der Waals surface area contributed by atoms with E-state index in [4.69, 9.17) is 4.74 Å². The number of allylic oxidation sites excluding steroid dienone is 1. The maximum atomic E-state index is 12.2. The molecule has 2 rings (SSSR count). The van der Waals surface area contributed by atoms with Gasteiger partial charge < -0.3 is 9.84 Å². The molecule has 3 heteroatoms. The molecule has 0 radical (unpaired) electrons. The quantitative estimate of drug-likeness (QED) is 0.642. The monoisotopic (exact) mass is 316 g/mol. The van der Waals surface area contributed by atoms with Crippen LogP contribution in [-0.2, 0) is 9.53 Å². The molecule has 0 amide bonds. The van der Waals surface area contributed by atoms with E-state index in [0.29, 0.717) is 23.2 Å². The summed E-state index contributed by atoms with van der Waals surface area (Å²) in [6, 6.07) is 3.95. The minimum atomic E-state index is -0.244. The number of phenolic OH excluding ortho intramolecular Hbond substituents is 1. The van der Waals surface area contributed by atoms with Gasteiger partial charge in [-0.15, -0.1) is 0 Å². The van der Waals surface area contributed by atoms with Crippen LogP contribution in [0, 0.1) is 12.8 Å². The third kappa shape index (κ3) is 3.44. The number of fused-ring (bicyclic) bond motifs is 1. The van der Waals surface area contributed by atoms with Crippen molar-refractivity contribution < 1.29 is 14.6 Å². The second kappa shape index (κ2) is 6.77. The van der Waals surface area contributed by atoms with Crippen molar-refractivity contribution >= 4 is 5.97 Å². The summed E-state index contributed by atoms with van der Waals surface area (Å²) < 4.78 is 5.77. The number of ether oxygens (including phenoxy) is 1. The number of carbonyl (C=O) groups is 1. The van der Waals surface area contributed by atoms with Crippen LogP contribution in [0.2, 0.25) is 0 Å². The lowest BCUT2D eigenvalue weighted by Gasteiger charge is -2.38. The average molecular weight is 316 g/mol. The molecule has 1 aliphatic carbocycles. The normalized spacial score (nSPS) is 24.5. The predicted octanol–water partition coefficient (Wildman–Crippen LogP) is 4.83. The van der Waals surface area contributed by atoms with Gasteiger partial charge in [0.2, 0.25) is 0 Å². The molecule has 0 saturated heterocycles. The molecule has 3 unspecified atom stereocenters. The molecule has 0 heterocycles. The molecule has 1 aromatic rings. The van der Waals surface area contributed by atoms with Gasteiger partial charge in [0, 0.05) is 11.5 Å². The van der Waals surface area contributed by atoms with Gasteiger partial charge in [-0.25, -0.2) is 4.79 Å². The van der Waals surface area contributed by atoms with Gasteiger partial charge in [-0.05, 0) is 61.8 Å². The van der Waals surface area contributed by atoms with Crippen LogP contribution >= 0.6 is 0 Å². The number of aryl methyl sites for hydroxylation is 1. The van der Waals surface area contributed by atoms with Crippen molar-refractivity contribution in [1.82, 2.24) is 0 Å². The molecular formula is C20H28O3. The molecule has 3 atom stereocenters. The van der Waals surface area contributed by atoms with Crippen molar-refractivity contribution in [1.29, 1.82) is 0 Å². The summed E-state index contributed by atoms with van der Waals surface area (Å²) in [6.07, 6.45) is 2.46. The fourth-order valence-electron chi connectivity index (χ4n) is 3.36. The van der Waals surface area contributed by atoms with Crippen molar-refractivity contribution in [3.05, 3.63) is 40.5 Å². The van der Waals surface area contributed by atoms with E-state index in [1.807, 2.05) is 19.9 Å². The van der Waals surface area contributed by atoms with Crippen molar-refractivity contribution in [3.8, 4) is 5.75 Å². The minimum Gasteiger partial charge on any atom is -0.508 e. The Balaban J connectivity index is 2.39. The van der Waals surface area contributed by atoms with E-state index in [1.165, 1.54) is 5.56 Å². The van der Waals surface area contributed by atoms with Crippen molar-refractivity contribution in [2.24, 2.45) is 5.92 Å². The molecule has 0 bridgehead atoms. The zero-order valence-electron chi connectivity index (χ0n) is 15.0. The molecule has 0 aliphatic heterocycles. The molecule has 0 fully saturated rings. The first kappa shape index (κ1) is 17.6. The SMILES string of the molecule is CC=C(C)C(=O)OC1CC(C(C)C)c2cc(C)c(O)cc2C1C. The van der Waals surface area contributed by atoms with Gasteiger partial charge in [-0.2, -0.15) is 0 Å². The first-order chi connectivity index (χ1) is 10.8. The second-order valence-electron chi connectivity index (χ2n) is 7.06. The molecule has 126 valence electrons. The van der Waals surface area contributed by atoms with Crippen LogP contribution in [0.1, 0.15) is 69.6 Å². The lowest BCUT2D eigenvalue weighted by atomic mass is 9.71. The Morgan fingerprint density at radius 1 is 1.35 bits per heavy atom. The molecule has 0 saturated carbocycles. The van der Waals surface area contributed by atoms with Crippen molar-refractivity contribution in [3.63, 3.8) is 0 Å². The van der Waals surface area contributed by atoms with Gasteiger partial charge in [0.15, 0.2) is 0 Å². The number of rotatable bonds is 3. The second-order valence-corrected chi connectivity index (χ2v) is 7.06. The largest absolute Gasteiger partial charge is 0.508 e. The first-order valence-electron chi connectivity index (χ1n) is 8.43. The smallest absolute Gasteiger partial charge is 0.333 e. The minimum absolute atomic E-state index is 0.0834. The Labute approximate surface area is 139 Å². The summed E-state index contributed by atoms with van der Waals surface area (Å²) in [5.74, 6) is 0.944. The molecule has 23 heavy (non-hydrogen) atoms. The summed E-state index contributed by atoms with van der Waals surface area (Å²) >= 11 is 0. The molecule has 1 aromatic carbocycles. The van der Waals surface area contributed by atoms with Crippen molar-refractivity contribution in [2.45, 2.75) is 65.9 Å². The highest BCUT2D eigenvalue weighted by molar-refractivity contribution is 5.87. The highest BCUT2D eigenvalue weighted by Gasteiger charge is 2.36. The Morgan fingerprint density at radius 2 is 2.00 bits per heavy atom. The fourth-order valence-corrected chi connectivity index (χ4v) is 3.36. The van der Waals surface area contributed by atoms with Crippen LogP contribution < -0.4 is 0 Å². The summed E-state index contributed by atoms with van der Waals surface area (Å²) in [6.45, 7) is 12.0. The van der Waals surface area contributed by atoms with E-state index in [-0.39, 0.29) is 18.0 Å². The number of aromatic hydroxyl groups is 1. The summed E-state index contributed by atoms with van der Waals surface area (Å²) in [4.78, 5) is 12.2. The Kier molecular flexibility index (Phi) is 5.18. The number of esters is 1. The Morgan fingerprint density at radius 3 is 2.57 bits per heavy atom. The Hall–Kier alpha value is -1.77. The van der Waals surface area contributed by atoms with Crippen LogP contribution in [0.25, 0.3) is 0 Å². The van der Waals surface area contributed by atoms with Crippen LogP contribution in [0.4, 0.5) is 0 Å². The zero-order valence-corrected chi connectivity index (χ0v) is 15.0. The van der Waals surface area contributed by atoms with E-state index in [2.05, 4.69) is 26.8 Å². The maximum Gasteiger partial charge on any atom is 0.333 e. The van der Waals surface area contributed by atoms with Crippen molar-refractivity contribution in [2.75, 3.05) is 0 Å². The van der Waals surface area contributed by atoms with E-state index in [1.54, 1.807) is 13.0 Å². The number of hydrogen-bond donors (Lipinski definition) is 1. The molecule has 0 aromatic heterocycles. The molecule has 1 aliphatic rings. The molecule has 3 nitrogen and oxygen atoms in total. The lowest BCUT2D eigenvalue weighted by Crippen LogP contribution is -2.33. The van der Waals surface area contributed by atoms with Crippen LogP contribution in [0.15, 0.2) is 23.8 Å². The molecule has 1 N–H and O–H groups in total. The molecule has 0 spiro atoms. The third-order valence-corrected chi connectivity index (χ3v) is 5.15. The van der Waals surface area contributed by atoms with Gasteiger partial charge in [0.25, 0.3) is 0 Å². The summed E-state index contributed by atoms with van der Waals surface area (Å²) in [5, 5.41) is 10.1. The Bertz CT molecular complexity index is 628. The number of benzene rings is 1. The van der Waals surface area contributed by atoms with Gasteiger partial charge in [-0.3, -0.25) is 0 Å². The third-order valence-electron chi connectivity index (χ3n) is 5.15. The van der Waals surface area contributed by atoms with Crippen LogP contribution in [0.3, 0.4) is 0 Å². The topological polar surface area (TPSA) is 46.5 Å². The standard InChI is InChI=1S/C20H28O3/c1-7-12(4)20(22)23-19-10-15(11(2)3)17-8-13(5)18(21)9-16(17)14(19)6/h7-9,11,14-15,19,21H,10H2,1-6H3. The maximum absolute atomic E-state index is 12.2. The van der Waals surface area contributed by atoms with E-state index in [0.717, 1.165) is 17.5 Å². The first-order valence-corrected chi connectivity index (χ1v) is 8.43. The highest BCUT2D eigenvalue weighted by atomic mass is 16.5. The van der Waals surface area contributed by atoms with Gasteiger partial charge in [-0.1, -0.05) is 32.9 Å². The fraction of sp³-hybridized carbons (Fsp3) is 0.550. The van der Waals surface area contributed by atoms with E-state index < -0.39 is 0 Å². The number of hydrogen-bond acceptors (Lipinski definition) is 3. The lowest BCUT2D eigenvalue weighted by molar-refractivity contribution is -0.146.